The van der Waals surface area contributed by atoms with Crippen LogP contribution >= 0.6 is 0 Å². The molecule has 1 saturated heterocycles. The van der Waals surface area contributed by atoms with E-state index in [4.69, 9.17) is 0 Å². The molecule has 1 saturated carbocycles. The first kappa shape index (κ1) is 16.6. The van der Waals surface area contributed by atoms with Gasteiger partial charge >= 0.3 is 0 Å². The first-order valence-electron chi connectivity index (χ1n) is 9.63. The molecule has 2 N–H and O–H groups in total. The molecule has 0 spiro atoms. The van der Waals surface area contributed by atoms with E-state index in [1.165, 1.54) is 24.0 Å². The van der Waals surface area contributed by atoms with Gasteiger partial charge in [-0.05, 0) is 56.1 Å². The number of nitrogens with zero attached hydrogens (tertiary/aromatic N) is 1. The van der Waals surface area contributed by atoms with Gasteiger partial charge in [0.1, 0.15) is 6.04 Å². The summed E-state index contributed by atoms with van der Waals surface area (Å²) in [5.74, 6) is -0.0478. The Hall–Kier alpha value is -1.88. The lowest BCUT2D eigenvalue weighted by Crippen LogP contribution is -2.49. The highest BCUT2D eigenvalue weighted by Gasteiger charge is 2.38. The van der Waals surface area contributed by atoms with Crippen LogP contribution in [-0.4, -0.2) is 41.9 Å². The monoisotopic (exact) mass is 341 g/mol. The standard InChI is InChI=1S/C20H27N3O2/c24-19(22-17-7-3-4-12-21-20(17)25)13-23(15-9-10-15)18-11-8-14-5-1-2-6-16(14)18/h1-2,5-6,15,17-18H,3-4,7-13H2,(H,21,25)(H,22,24)/t17-,18-/m0/s1. The Balaban J connectivity index is 1.42. The molecule has 2 aliphatic carbocycles. The number of rotatable bonds is 5. The fourth-order valence-corrected chi connectivity index (χ4v) is 4.26. The number of carbonyl (C=O) groups excluding carboxylic acids is 2. The van der Waals surface area contributed by atoms with Crippen molar-refractivity contribution in [3.8, 4) is 0 Å². The van der Waals surface area contributed by atoms with Gasteiger partial charge in [-0.15, -0.1) is 0 Å². The number of hydrogen-bond acceptors (Lipinski definition) is 3. The van der Waals surface area contributed by atoms with E-state index in [1.54, 1.807) is 0 Å². The summed E-state index contributed by atoms with van der Waals surface area (Å²) in [6, 6.07) is 9.10. The van der Waals surface area contributed by atoms with E-state index in [1.807, 2.05) is 0 Å². The maximum Gasteiger partial charge on any atom is 0.242 e. The molecule has 134 valence electrons. The average Bonchev–Trinajstić information content (AvgIpc) is 3.39. The Morgan fingerprint density at radius 2 is 2.00 bits per heavy atom. The van der Waals surface area contributed by atoms with E-state index in [2.05, 4.69) is 39.8 Å². The predicted octanol–water partition coefficient (Wildman–Crippen LogP) is 1.92. The number of hydrogen-bond donors (Lipinski definition) is 2. The zero-order valence-electron chi connectivity index (χ0n) is 14.7. The second kappa shape index (κ2) is 7.16. The van der Waals surface area contributed by atoms with Gasteiger partial charge in [0.15, 0.2) is 0 Å². The van der Waals surface area contributed by atoms with Crippen molar-refractivity contribution >= 4 is 11.8 Å². The summed E-state index contributed by atoms with van der Waals surface area (Å²) in [6.45, 7) is 1.12. The van der Waals surface area contributed by atoms with Gasteiger partial charge in [-0.3, -0.25) is 14.5 Å². The van der Waals surface area contributed by atoms with Gasteiger partial charge < -0.3 is 10.6 Å². The molecule has 2 fully saturated rings. The van der Waals surface area contributed by atoms with Crippen molar-refractivity contribution in [2.45, 2.75) is 63.1 Å². The van der Waals surface area contributed by atoms with Crippen molar-refractivity contribution in [3.63, 3.8) is 0 Å². The molecule has 2 atom stereocenters. The van der Waals surface area contributed by atoms with E-state index < -0.39 is 0 Å². The molecule has 1 aliphatic heterocycles. The molecule has 1 heterocycles. The van der Waals surface area contributed by atoms with Crippen LogP contribution in [0.4, 0.5) is 0 Å². The molecular weight excluding hydrogens is 314 g/mol. The minimum atomic E-state index is -0.369. The van der Waals surface area contributed by atoms with Crippen LogP contribution in [0.5, 0.6) is 0 Å². The van der Waals surface area contributed by atoms with E-state index >= 15 is 0 Å². The van der Waals surface area contributed by atoms with Crippen LogP contribution < -0.4 is 10.6 Å². The SMILES string of the molecule is O=C(CN(C1CC1)[C@H]1CCc2ccccc21)N[C@H]1CCCCNC1=O. The van der Waals surface area contributed by atoms with E-state index in [-0.39, 0.29) is 17.9 Å². The topological polar surface area (TPSA) is 61.4 Å². The second-order valence-electron chi connectivity index (χ2n) is 7.56. The average molecular weight is 341 g/mol. The fourth-order valence-electron chi connectivity index (χ4n) is 4.26. The summed E-state index contributed by atoms with van der Waals surface area (Å²) in [6.07, 6.45) is 7.25. The number of aryl methyl sites for hydroxylation is 1. The lowest BCUT2D eigenvalue weighted by Gasteiger charge is -2.29. The third-order valence-corrected chi connectivity index (χ3v) is 5.71. The predicted molar refractivity (Wildman–Crippen MR) is 96.0 cm³/mol. The molecule has 25 heavy (non-hydrogen) atoms. The number of fused-ring (bicyclic) bond motifs is 1. The number of carbonyl (C=O) groups is 2. The van der Waals surface area contributed by atoms with Gasteiger partial charge in [-0.1, -0.05) is 24.3 Å². The highest BCUT2D eigenvalue weighted by molar-refractivity contribution is 5.88. The van der Waals surface area contributed by atoms with E-state index in [9.17, 15) is 9.59 Å². The largest absolute Gasteiger partial charge is 0.354 e. The minimum Gasteiger partial charge on any atom is -0.354 e. The molecule has 0 aromatic heterocycles. The van der Waals surface area contributed by atoms with Gasteiger partial charge in [0.2, 0.25) is 11.8 Å². The summed E-state index contributed by atoms with van der Waals surface area (Å²) in [5, 5.41) is 5.87. The first-order chi connectivity index (χ1) is 12.2. The normalized spacial score (nSPS) is 26.0. The molecule has 3 aliphatic rings. The summed E-state index contributed by atoms with van der Waals surface area (Å²) in [4.78, 5) is 27.1. The molecule has 5 heteroatoms. The maximum absolute atomic E-state index is 12.6. The molecule has 0 radical (unpaired) electrons. The van der Waals surface area contributed by atoms with Crippen LogP contribution in [0.3, 0.4) is 0 Å². The van der Waals surface area contributed by atoms with Crippen molar-refractivity contribution in [2.24, 2.45) is 0 Å². The van der Waals surface area contributed by atoms with Crippen LogP contribution in [-0.2, 0) is 16.0 Å². The minimum absolute atomic E-state index is 0.0154. The van der Waals surface area contributed by atoms with Gasteiger partial charge in [0.05, 0.1) is 6.54 Å². The van der Waals surface area contributed by atoms with Crippen LogP contribution in [0, 0.1) is 0 Å². The Bertz CT molecular complexity index is 656. The number of amides is 2. The van der Waals surface area contributed by atoms with Crippen LogP contribution in [0.2, 0.25) is 0 Å². The van der Waals surface area contributed by atoms with Gasteiger partial charge in [-0.25, -0.2) is 0 Å². The lowest BCUT2D eigenvalue weighted by molar-refractivity contribution is -0.129. The molecule has 0 bridgehead atoms. The van der Waals surface area contributed by atoms with E-state index in [0.29, 0.717) is 18.6 Å². The van der Waals surface area contributed by atoms with E-state index in [0.717, 1.165) is 38.6 Å². The Morgan fingerprint density at radius 3 is 2.84 bits per heavy atom. The number of nitrogens with one attached hydrogen (secondary N) is 2. The molecule has 4 rings (SSSR count). The summed E-state index contributed by atoms with van der Waals surface area (Å²) >= 11 is 0. The molecular formula is C20H27N3O2. The zero-order valence-corrected chi connectivity index (χ0v) is 14.7. The third kappa shape index (κ3) is 3.71. The second-order valence-corrected chi connectivity index (χ2v) is 7.56. The molecule has 1 aromatic rings. The smallest absolute Gasteiger partial charge is 0.242 e. The van der Waals surface area contributed by atoms with Gasteiger partial charge in [-0.2, -0.15) is 0 Å². The van der Waals surface area contributed by atoms with Crippen molar-refractivity contribution in [1.29, 1.82) is 0 Å². The van der Waals surface area contributed by atoms with Crippen molar-refractivity contribution in [1.82, 2.24) is 15.5 Å². The third-order valence-electron chi connectivity index (χ3n) is 5.71. The highest BCUT2D eigenvalue weighted by atomic mass is 16.2. The Kier molecular flexibility index (Phi) is 4.75. The summed E-state index contributed by atoms with van der Waals surface area (Å²) in [7, 11) is 0. The quantitative estimate of drug-likeness (QED) is 0.860. The zero-order chi connectivity index (χ0) is 17.2. The van der Waals surface area contributed by atoms with Gasteiger partial charge in [0.25, 0.3) is 0 Å². The van der Waals surface area contributed by atoms with Crippen molar-refractivity contribution in [2.75, 3.05) is 13.1 Å². The Labute approximate surface area is 149 Å². The van der Waals surface area contributed by atoms with Crippen molar-refractivity contribution < 1.29 is 9.59 Å². The first-order valence-corrected chi connectivity index (χ1v) is 9.63. The molecule has 5 nitrogen and oxygen atoms in total. The fraction of sp³-hybridized carbons (Fsp3) is 0.600. The lowest BCUT2D eigenvalue weighted by atomic mass is 10.1. The Morgan fingerprint density at radius 1 is 1.16 bits per heavy atom. The maximum atomic E-state index is 12.6. The summed E-state index contributed by atoms with van der Waals surface area (Å²) < 4.78 is 0. The molecule has 2 amide bonds. The molecule has 0 unspecified atom stereocenters. The van der Waals surface area contributed by atoms with Crippen LogP contribution in [0.1, 0.15) is 55.7 Å². The number of benzene rings is 1. The van der Waals surface area contributed by atoms with Crippen LogP contribution in [0.15, 0.2) is 24.3 Å². The highest BCUT2D eigenvalue weighted by Crippen LogP contribution is 2.41. The van der Waals surface area contributed by atoms with Gasteiger partial charge in [0, 0.05) is 18.6 Å². The summed E-state index contributed by atoms with van der Waals surface area (Å²) in [5.41, 5.74) is 2.80. The van der Waals surface area contributed by atoms with Crippen LogP contribution in [0.25, 0.3) is 0 Å². The van der Waals surface area contributed by atoms with Crippen molar-refractivity contribution in [3.05, 3.63) is 35.4 Å². The molecule has 1 aromatic carbocycles.